The van der Waals surface area contributed by atoms with E-state index in [0.717, 1.165) is 80.2 Å². The number of carbonyl (C=O) groups is 1. The molecule has 5 rings (SSSR count). The second-order valence-electron chi connectivity index (χ2n) is 9.04. The summed E-state index contributed by atoms with van der Waals surface area (Å²) < 4.78 is 8.44. The zero-order chi connectivity index (χ0) is 22.3. The van der Waals surface area contributed by atoms with Crippen molar-refractivity contribution < 1.29 is 9.53 Å². The third kappa shape index (κ3) is 3.46. The van der Waals surface area contributed by atoms with Crippen LogP contribution in [0.25, 0.3) is 17.0 Å². The molecule has 1 fully saturated rings. The van der Waals surface area contributed by atoms with E-state index < -0.39 is 0 Å². The van der Waals surface area contributed by atoms with Gasteiger partial charge in [-0.25, -0.2) is 4.48 Å². The number of para-hydroxylation sites is 1. The molecule has 32 heavy (non-hydrogen) atoms. The van der Waals surface area contributed by atoms with Gasteiger partial charge in [0.15, 0.2) is 5.70 Å². The van der Waals surface area contributed by atoms with Crippen molar-refractivity contribution in [2.75, 3.05) is 46.4 Å². The molecule has 2 aliphatic rings. The first kappa shape index (κ1) is 21.6. The number of rotatable bonds is 7. The molecule has 1 saturated heterocycles. The summed E-state index contributed by atoms with van der Waals surface area (Å²) in [4.78, 5) is 16.6. The van der Waals surface area contributed by atoms with Crippen molar-refractivity contribution in [3.05, 3.63) is 58.2 Å². The maximum Gasteiger partial charge on any atom is 0.249 e. The minimum absolute atomic E-state index is 0.170. The van der Waals surface area contributed by atoms with Crippen LogP contribution in [0, 0.1) is 6.92 Å². The Kier molecular flexibility index (Phi) is 5.80. The van der Waals surface area contributed by atoms with E-state index in [1.807, 2.05) is 6.07 Å². The molecule has 1 atom stereocenters. The lowest BCUT2D eigenvalue weighted by atomic mass is 10.0. The van der Waals surface area contributed by atoms with E-state index in [-0.39, 0.29) is 5.78 Å². The second kappa shape index (κ2) is 8.60. The molecular weight excluding hydrogens is 418 g/mol. The fraction of sp³-hybridized carbons (Fsp3) is 0.423. The van der Waals surface area contributed by atoms with Crippen LogP contribution in [-0.4, -0.2) is 61.7 Å². The molecule has 0 amide bonds. The van der Waals surface area contributed by atoms with Crippen LogP contribution in [0.5, 0.6) is 0 Å². The lowest BCUT2D eigenvalue weighted by molar-refractivity contribution is 0.0365. The van der Waals surface area contributed by atoms with Crippen LogP contribution in [-0.2, 0) is 11.3 Å². The van der Waals surface area contributed by atoms with Crippen LogP contribution >= 0.6 is 11.3 Å². The zero-order valence-corrected chi connectivity index (χ0v) is 20.1. The lowest BCUT2D eigenvalue weighted by Crippen LogP contribution is -2.45. The van der Waals surface area contributed by atoms with Gasteiger partial charge in [0.1, 0.15) is 0 Å². The number of hydrogen-bond donors (Lipinski definition) is 0. The summed E-state index contributed by atoms with van der Waals surface area (Å²) in [6.07, 6.45) is 3.15. The molecule has 168 valence electrons. The monoisotopic (exact) mass is 450 g/mol. The molecule has 2 aromatic heterocycles. The van der Waals surface area contributed by atoms with Crippen LogP contribution in [0.2, 0.25) is 0 Å². The van der Waals surface area contributed by atoms with Crippen LogP contribution in [0.4, 0.5) is 5.00 Å². The van der Waals surface area contributed by atoms with Gasteiger partial charge in [-0.2, -0.15) is 0 Å². The fourth-order valence-corrected chi connectivity index (χ4v) is 6.41. The van der Waals surface area contributed by atoms with Crippen molar-refractivity contribution >= 4 is 39.1 Å². The molecule has 1 unspecified atom stereocenters. The number of Topliss-reactive ketones (excluding diaryl/α,β-unsaturated/α-hetero) is 1. The summed E-state index contributed by atoms with van der Waals surface area (Å²) in [6, 6.07) is 10.5. The smallest absolute Gasteiger partial charge is 0.249 e. The maximum absolute atomic E-state index is 14.1. The molecule has 1 aromatic carbocycles. The Morgan fingerprint density at radius 2 is 1.94 bits per heavy atom. The van der Waals surface area contributed by atoms with Crippen molar-refractivity contribution in [2.24, 2.45) is 0 Å². The standard InChI is InChI=1S/C26H32N3O2S/c1-4-14-29(3)23(18-20-9-17-32-26(20)29)25(30)24-19(2)28(22-8-6-5-7-21(22)24)11-10-27-12-15-31-16-13-27/h5-9,17-18H,4,10-16H2,1-3H3/q+1. The molecule has 3 aromatic rings. The summed E-state index contributed by atoms with van der Waals surface area (Å²) in [6.45, 7) is 10.7. The highest BCUT2D eigenvalue weighted by molar-refractivity contribution is 7.14. The molecule has 0 aliphatic carbocycles. The Labute approximate surface area is 194 Å². The normalized spacial score (nSPS) is 21.2. The molecule has 4 heterocycles. The number of likely N-dealkylation sites (N-methyl/N-ethyl adjacent to an activating group) is 1. The Morgan fingerprint density at radius 3 is 2.72 bits per heavy atom. The van der Waals surface area contributed by atoms with Crippen LogP contribution in [0.3, 0.4) is 0 Å². The third-order valence-electron chi connectivity index (χ3n) is 7.05. The number of ketones is 1. The molecule has 0 saturated carbocycles. The van der Waals surface area contributed by atoms with Crippen LogP contribution in [0.15, 0.2) is 41.4 Å². The average Bonchev–Trinajstić information content (AvgIpc) is 3.45. The number of ether oxygens (including phenoxy) is 1. The summed E-state index contributed by atoms with van der Waals surface area (Å²) >= 11 is 1.76. The Morgan fingerprint density at radius 1 is 1.16 bits per heavy atom. The summed E-state index contributed by atoms with van der Waals surface area (Å²) in [5.41, 5.74) is 5.18. The molecule has 0 radical (unpaired) electrons. The number of allylic oxidation sites excluding steroid dienone is 1. The van der Waals surface area contributed by atoms with Gasteiger partial charge in [-0.15, -0.1) is 0 Å². The zero-order valence-electron chi connectivity index (χ0n) is 19.3. The van der Waals surface area contributed by atoms with Crippen molar-refractivity contribution in [3.63, 3.8) is 0 Å². The first-order valence-corrected chi connectivity index (χ1v) is 12.5. The summed E-state index contributed by atoms with van der Waals surface area (Å²) in [5.74, 6) is 0.170. The van der Waals surface area contributed by atoms with E-state index >= 15 is 0 Å². The predicted molar refractivity (Wildman–Crippen MR) is 133 cm³/mol. The Balaban J connectivity index is 1.53. The summed E-state index contributed by atoms with van der Waals surface area (Å²) in [7, 11) is 2.20. The van der Waals surface area contributed by atoms with Gasteiger partial charge >= 0.3 is 0 Å². The van der Waals surface area contributed by atoms with Gasteiger partial charge in [-0.3, -0.25) is 9.69 Å². The third-order valence-corrected chi connectivity index (χ3v) is 8.19. The number of morpholine rings is 1. The number of hydrogen-bond acceptors (Lipinski definition) is 4. The highest BCUT2D eigenvalue weighted by Crippen LogP contribution is 2.45. The van der Waals surface area contributed by atoms with Gasteiger partial charge in [0.05, 0.1) is 37.9 Å². The van der Waals surface area contributed by atoms with Gasteiger partial charge < -0.3 is 9.30 Å². The largest absolute Gasteiger partial charge is 0.379 e. The topological polar surface area (TPSA) is 34.5 Å². The molecular formula is C26H32N3O2S+. The first-order valence-electron chi connectivity index (χ1n) is 11.6. The van der Waals surface area contributed by atoms with E-state index in [4.69, 9.17) is 4.74 Å². The molecule has 6 heteroatoms. The number of thiophene rings is 1. The number of nitrogens with zero attached hydrogens (tertiary/aromatic N) is 3. The highest BCUT2D eigenvalue weighted by Gasteiger charge is 2.43. The van der Waals surface area contributed by atoms with Crippen molar-refractivity contribution in [1.29, 1.82) is 0 Å². The van der Waals surface area contributed by atoms with Gasteiger partial charge in [0, 0.05) is 48.9 Å². The quantitative estimate of drug-likeness (QED) is 0.378. The van der Waals surface area contributed by atoms with Gasteiger partial charge in [-0.05, 0) is 30.9 Å². The van der Waals surface area contributed by atoms with E-state index in [1.54, 1.807) is 11.3 Å². The van der Waals surface area contributed by atoms with Crippen molar-refractivity contribution in [1.82, 2.24) is 14.0 Å². The molecule has 2 aliphatic heterocycles. The minimum atomic E-state index is 0.170. The fourth-order valence-electron chi connectivity index (χ4n) is 5.38. The van der Waals surface area contributed by atoms with E-state index in [1.165, 1.54) is 10.6 Å². The maximum atomic E-state index is 14.1. The SMILES string of the molecule is CCC[N+]1(C)C(C(=O)c2c(C)n(CCN3CCOCC3)c3ccccc23)=Cc2ccsc21. The number of fused-ring (bicyclic) bond motifs is 2. The highest BCUT2D eigenvalue weighted by atomic mass is 32.1. The van der Waals surface area contributed by atoms with Crippen molar-refractivity contribution in [2.45, 2.75) is 26.8 Å². The molecule has 5 nitrogen and oxygen atoms in total. The van der Waals surface area contributed by atoms with Crippen LogP contribution < -0.4 is 4.48 Å². The van der Waals surface area contributed by atoms with Gasteiger partial charge in [0.2, 0.25) is 10.8 Å². The minimum Gasteiger partial charge on any atom is -0.379 e. The van der Waals surface area contributed by atoms with E-state index in [9.17, 15) is 4.79 Å². The summed E-state index contributed by atoms with van der Waals surface area (Å²) in [5, 5.41) is 4.48. The number of quaternary nitrogens is 1. The lowest BCUT2D eigenvalue weighted by Gasteiger charge is -2.30. The predicted octanol–water partition coefficient (Wildman–Crippen LogP) is 4.93. The number of aromatic nitrogens is 1. The van der Waals surface area contributed by atoms with Gasteiger partial charge in [0.25, 0.3) is 0 Å². The van der Waals surface area contributed by atoms with Crippen LogP contribution in [0.1, 0.15) is 35.0 Å². The first-order chi connectivity index (χ1) is 15.5. The van der Waals surface area contributed by atoms with Crippen molar-refractivity contribution in [3.8, 4) is 0 Å². The second-order valence-corrected chi connectivity index (χ2v) is 9.93. The van der Waals surface area contributed by atoms with Gasteiger partial charge in [-0.1, -0.05) is 36.5 Å². The molecule has 0 bridgehead atoms. The average molecular weight is 451 g/mol. The Bertz CT molecular complexity index is 1190. The Hall–Kier alpha value is -2.25. The number of carbonyl (C=O) groups excluding carboxylic acids is 1. The molecule has 0 spiro atoms. The number of benzene rings is 1. The molecule has 0 N–H and O–H groups in total. The van der Waals surface area contributed by atoms with E-state index in [2.05, 4.69) is 66.1 Å². The van der Waals surface area contributed by atoms with E-state index in [0.29, 0.717) is 4.48 Å².